The van der Waals surface area contributed by atoms with Gasteiger partial charge in [-0.25, -0.2) is 0 Å². The topological polar surface area (TPSA) is 73.6 Å². The first-order valence-electron chi connectivity index (χ1n) is 5.96. The summed E-state index contributed by atoms with van der Waals surface area (Å²) in [7, 11) is 3.39. The lowest BCUT2D eigenvalue weighted by molar-refractivity contribution is -0.141. The van der Waals surface area contributed by atoms with Crippen molar-refractivity contribution in [3.8, 4) is 11.8 Å². The van der Waals surface area contributed by atoms with Crippen LogP contribution in [0.15, 0.2) is 18.2 Å². The van der Waals surface area contributed by atoms with Crippen LogP contribution in [-0.4, -0.2) is 36.7 Å². The van der Waals surface area contributed by atoms with E-state index in [9.17, 15) is 4.79 Å². The molecule has 0 spiro atoms. The van der Waals surface area contributed by atoms with Gasteiger partial charge in [0.15, 0.2) is 0 Å². The molecule has 19 heavy (non-hydrogen) atoms. The Hall–Kier alpha value is -2.06. The molecule has 1 atom stereocenters. The second kappa shape index (κ2) is 6.76. The maximum atomic E-state index is 10.8. The first-order valence-corrected chi connectivity index (χ1v) is 5.96. The van der Waals surface area contributed by atoms with Crippen LogP contribution in [-0.2, 0) is 11.3 Å². The van der Waals surface area contributed by atoms with Gasteiger partial charge in [0.1, 0.15) is 11.8 Å². The zero-order valence-corrected chi connectivity index (χ0v) is 11.4. The highest BCUT2D eigenvalue weighted by molar-refractivity contribution is 5.69. The number of ether oxygens (including phenoxy) is 1. The van der Waals surface area contributed by atoms with Gasteiger partial charge in [0.25, 0.3) is 0 Å². The van der Waals surface area contributed by atoms with Gasteiger partial charge in [-0.2, -0.15) is 5.26 Å². The Morgan fingerprint density at radius 2 is 2.26 bits per heavy atom. The zero-order chi connectivity index (χ0) is 14.4. The summed E-state index contributed by atoms with van der Waals surface area (Å²) in [6, 6.07) is 7.43. The number of carbonyl (C=O) groups is 1. The zero-order valence-electron chi connectivity index (χ0n) is 11.4. The summed E-state index contributed by atoms with van der Waals surface area (Å²) in [4.78, 5) is 12.7. The van der Waals surface area contributed by atoms with Crippen molar-refractivity contribution in [2.45, 2.75) is 13.5 Å². The van der Waals surface area contributed by atoms with Gasteiger partial charge < -0.3 is 14.7 Å². The summed E-state index contributed by atoms with van der Waals surface area (Å²) in [5.41, 5.74) is 1.48. The predicted octanol–water partition coefficient (Wildman–Crippen LogP) is 1.72. The smallest absolute Gasteiger partial charge is 0.307 e. The van der Waals surface area contributed by atoms with Crippen LogP contribution in [0.25, 0.3) is 0 Å². The van der Waals surface area contributed by atoms with Crippen molar-refractivity contribution in [3.05, 3.63) is 29.3 Å². The van der Waals surface area contributed by atoms with Crippen molar-refractivity contribution in [1.29, 1.82) is 5.26 Å². The third-order valence-corrected chi connectivity index (χ3v) is 2.85. The first-order chi connectivity index (χ1) is 8.97. The Morgan fingerprint density at radius 3 is 2.79 bits per heavy atom. The number of benzene rings is 1. The van der Waals surface area contributed by atoms with E-state index in [0.717, 1.165) is 5.56 Å². The molecule has 1 rings (SSSR count). The summed E-state index contributed by atoms with van der Waals surface area (Å²) in [6.07, 6.45) is 0. The molecule has 5 nitrogen and oxygen atoms in total. The van der Waals surface area contributed by atoms with Gasteiger partial charge in [-0.05, 0) is 24.7 Å². The lowest BCUT2D eigenvalue weighted by Gasteiger charge is -2.19. The van der Waals surface area contributed by atoms with Crippen LogP contribution in [0.3, 0.4) is 0 Å². The van der Waals surface area contributed by atoms with Gasteiger partial charge in [0, 0.05) is 13.1 Å². The Bertz CT molecular complexity index is 494. The molecule has 102 valence electrons. The molecule has 0 fully saturated rings. The lowest BCUT2D eigenvalue weighted by atomic mass is 10.1. The van der Waals surface area contributed by atoms with Crippen molar-refractivity contribution < 1.29 is 14.6 Å². The fraction of sp³-hybridized carbons (Fsp3) is 0.429. The molecule has 0 radical (unpaired) electrons. The highest BCUT2D eigenvalue weighted by atomic mass is 16.5. The minimum Gasteiger partial charge on any atom is -0.495 e. The van der Waals surface area contributed by atoms with Crippen LogP contribution in [0, 0.1) is 17.2 Å². The van der Waals surface area contributed by atoms with Crippen LogP contribution in [0.2, 0.25) is 0 Å². The number of carboxylic acids is 1. The molecule has 1 aromatic carbocycles. The number of rotatable bonds is 6. The second-order valence-electron chi connectivity index (χ2n) is 4.58. The summed E-state index contributed by atoms with van der Waals surface area (Å²) < 4.78 is 5.14. The quantitative estimate of drug-likeness (QED) is 0.845. The van der Waals surface area contributed by atoms with E-state index in [1.807, 2.05) is 18.0 Å². The number of nitrogens with zero attached hydrogens (tertiary/aromatic N) is 2. The molecule has 0 amide bonds. The monoisotopic (exact) mass is 262 g/mol. The Morgan fingerprint density at radius 1 is 1.58 bits per heavy atom. The van der Waals surface area contributed by atoms with Crippen LogP contribution in [0.5, 0.6) is 5.75 Å². The van der Waals surface area contributed by atoms with Crippen molar-refractivity contribution in [2.75, 3.05) is 20.7 Å². The van der Waals surface area contributed by atoms with E-state index in [1.54, 1.807) is 19.1 Å². The van der Waals surface area contributed by atoms with Crippen LogP contribution in [0.4, 0.5) is 0 Å². The van der Waals surface area contributed by atoms with Gasteiger partial charge in [0.05, 0.1) is 18.6 Å². The van der Waals surface area contributed by atoms with Gasteiger partial charge in [0.2, 0.25) is 0 Å². The largest absolute Gasteiger partial charge is 0.495 e. The third-order valence-electron chi connectivity index (χ3n) is 2.85. The highest BCUT2D eigenvalue weighted by Crippen LogP contribution is 2.20. The summed E-state index contributed by atoms with van der Waals surface area (Å²) >= 11 is 0. The number of hydrogen-bond donors (Lipinski definition) is 1. The minimum atomic E-state index is -0.802. The highest BCUT2D eigenvalue weighted by Gasteiger charge is 2.14. The van der Waals surface area contributed by atoms with E-state index in [1.165, 1.54) is 7.11 Å². The summed E-state index contributed by atoms with van der Waals surface area (Å²) in [5, 5.41) is 17.8. The molecule has 1 unspecified atom stereocenters. The number of methoxy groups -OCH3 is 1. The number of nitriles is 1. The number of carboxylic acid groups (broad SMARTS) is 1. The van der Waals surface area contributed by atoms with E-state index < -0.39 is 11.9 Å². The van der Waals surface area contributed by atoms with Crippen LogP contribution < -0.4 is 4.74 Å². The van der Waals surface area contributed by atoms with Gasteiger partial charge in [-0.3, -0.25) is 4.79 Å². The summed E-state index contributed by atoms with van der Waals surface area (Å²) in [5.74, 6) is -0.672. The second-order valence-corrected chi connectivity index (χ2v) is 4.58. The standard InChI is InChI=1S/C14H18N2O3/c1-10(14(17)18)8-16(2)9-11-4-5-12(7-15)13(6-11)19-3/h4-6,10H,8-9H2,1-3H3,(H,17,18). The van der Waals surface area contributed by atoms with E-state index in [2.05, 4.69) is 6.07 Å². The molecule has 0 aliphatic carbocycles. The van der Waals surface area contributed by atoms with Crippen LogP contribution in [0.1, 0.15) is 18.1 Å². The molecular formula is C14H18N2O3. The molecule has 0 aliphatic rings. The lowest BCUT2D eigenvalue weighted by Crippen LogP contribution is -2.28. The third kappa shape index (κ3) is 4.27. The van der Waals surface area contributed by atoms with Gasteiger partial charge in [-0.1, -0.05) is 13.0 Å². The van der Waals surface area contributed by atoms with Crippen molar-refractivity contribution in [3.63, 3.8) is 0 Å². The molecule has 5 heteroatoms. The molecule has 0 aromatic heterocycles. The van der Waals surface area contributed by atoms with E-state index in [0.29, 0.717) is 24.4 Å². The molecule has 0 saturated carbocycles. The molecule has 1 aromatic rings. The van der Waals surface area contributed by atoms with Gasteiger partial charge in [-0.15, -0.1) is 0 Å². The normalized spacial score (nSPS) is 11.9. The fourth-order valence-corrected chi connectivity index (χ4v) is 1.85. The van der Waals surface area contributed by atoms with Crippen molar-refractivity contribution in [1.82, 2.24) is 4.90 Å². The van der Waals surface area contributed by atoms with Crippen molar-refractivity contribution in [2.24, 2.45) is 5.92 Å². The predicted molar refractivity (Wildman–Crippen MR) is 70.8 cm³/mol. The fourth-order valence-electron chi connectivity index (χ4n) is 1.85. The van der Waals surface area contributed by atoms with Crippen LogP contribution >= 0.6 is 0 Å². The first kappa shape index (κ1) is 15.0. The maximum Gasteiger partial charge on any atom is 0.307 e. The van der Waals surface area contributed by atoms with Crippen molar-refractivity contribution >= 4 is 5.97 Å². The summed E-state index contributed by atoms with van der Waals surface area (Å²) in [6.45, 7) is 2.76. The van der Waals surface area contributed by atoms with E-state index in [-0.39, 0.29) is 0 Å². The molecular weight excluding hydrogens is 244 g/mol. The average Bonchev–Trinajstić information content (AvgIpc) is 2.38. The SMILES string of the molecule is COc1cc(CN(C)CC(C)C(=O)O)ccc1C#N. The molecule has 1 N–H and O–H groups in total. The van der Waals surface area contributed by atoms with E-state index >= 15 is 0 Å². The molecule has 0 bridgehead atoms. The number of aliphatic carboxylic acids is 1. The Labute approximate surface area is 113 Å². The molecule has 0 heterocycles. The van der Waals surface area contributed by atoms with E-state index in [4.69, 9.17) is 15.1 Å². The van der Waals surface area contributed by atoms with Gasteiger partial charge >= 0.3 is 5.97 Å². The maximum absolute atomic E-state index is 10.8. The molecule has 0 aliphatic heterocycles. The molecule has 0 saturated heterocycles. The number of hydrogen-bond acceptors (Lipinski definition) is 4. The minimum absolute atomic E-state index is 0.412. The Balaban J connectivity index is 2.72. The Kier molecular flexibility index (Phi) is 5.34. The average molecular weight is 262 g/mol.